The van der Waals surface area contributed by atoms with E-state index in [0.29, 0.717) is 69.1 Å². The summed E-state index contributed by atoms with van der Waals surface area (Å²) in [5.74, 6) is -1.50. The molecule has 5 fully saturated rings. The van der Waals surface area contributed by atoms with Crippen LogP contribution in [0.4, 0.5) is 17.6 Å². The van der Waals surface area contributed by atoms with E-state index in [-0.39, 0.29) is 107 Å². The summed E-state index contributed by atoms with van der Waals surface area (Å²) in [4.78, 5) is 26.9. The van der Waals surface area contributed by atoms with E-state index >= 15 is 4.39 Å². The number of aromatic carboxylic acids is 1. The van der Waals surface area contributed by atoms with Crippen molar-refractivity contribution < 1.29 is 112 Å². The molecule has 5 aromatic carbocycles. The molecule has 0 aliphatic heterocycles. The summed E-state index contributed by atoms with van der Waals surface area (Å²) in [6.45, 7) is 16.1. The van der Waals surface area contributed by atoms with Crippen LogP contribution in [0.1, 0.15) is 221 Å². The Hall–Kier alpha value is -5.74. The molecule has 7 nitrogen and oxygen atoms in total. The number of hydrogen-bond acceptors (Lipinski definition) is 6. The number of rotatable bonds is 16. The fourth-order valence-electron chi connectivity index (χ4n) is 16.4. The molecule has 3 atom stereocenters. The van der Waals surface area contributed by atoms with Gasteiger partial charge >= 0.3 is 5.97 Å². The molecule has 0 spiro atoms. The van der Waals surface area contributed by atoms with Gasteiger partial charge in [-0.1, -0.05) is 164 Å². The maximum atomic E-state index is 15.4. The fraction of sp³-hybridized carbons (Fsp3) is 0.427. The van der Waals surface area contributed by atoms with Crippen LogP contribution in [0.15, 0.2) is 164 Å². The van der Waals surface area contributed by atoms with E-state index in [9.17, 15) is 23.1 Å². The van der Waals surface area contributed by atoms with Crippen LogP contribution in [-0.4, -0.2) is 36.1 Å². The zero-order chi connectivity index (χ0) is 70.9. The van der Waals surface area contributed by atoms with Gasteiger partial charge in [0.2, 0.25) is 0 Å². The fourth-order valence-corrected chi connectivity index (χ4v) is 16.4. The Morgan fingerprint density at radius 1 is 0.519 bits per heavy atom. The van der Waals surface area contributed by atoms with E-state index in [0.717, 1.165) is 67.5 Å². The molecule has 562 valence electrons. The summed E-state index contributed by atoms with van der Waals surface area (Å²) in [5.41, 5.74) is 11.2. The monoisotopic (exact) mass is 2030 g/mol. The van der Waals surface area contributed by atoms with Gasteiger partial charge in [-0.2, -0.15) is 35.9 Å². The van der Waals surface area contributed by atoms with Crippen LogP contribution in [0.3, 0.4) is 0 Å². The maximum absolute atomic E-state index is 15.4. The Balaban J connectivity index is 0.000000208. The molecular weight excluding hydrogens is 1930 g/mol. The number of benzene rings is 5. The van der Waals surface area contributed by atoms with Gasteiger partial charge in [0.15, 0.2) is 0 Å². The number of halogens is 4. The van der Waals surface area contributed by atoms with Crippen molar-refractivity contribution in [3.63, 3.8) is 0 Å². The van der Waals surface area contributed by atoms with Crippen LogP contribution in [0.25, 0.3) is 44.9 Å². The quantitative estimate of drug-likeness (QED) is 0.0563. The number of nitrogens with zero attached hydrogens (tertiary/aromatic N) is 4. The molecule has 15 heteroatoms. The number of pyridine rings is 4. The average molecular weight is 2030 g/mol. The van der Waals surface area contributed by atoms with E-state index < -0.39 is 29.2 Å². The molecule has 5 aliphatic carbocycles. The number of carboxylic acid groups (broad SMARTS) is 1. The second-order valence-corrected chi connectivity index (χ2v) is 31.1. The second kappa shape index (κ2) is 40.5. The standard InChI is InChI=1S/C26H32F2N.C20H20F2.C19H23NO.C18H20N.C6H5NO2.3Ir.Rh/c1-18-8-12-26(3,15-18)17-21-22(27)7-6-20(24(21)28)23-14-19(9-13-29-23)16-25(2)10-4-5-11-25;1-20(12-5-6-13-20)14-11-17-18(21)10-9-16(19(17)22)15-7-3-2-4-8-15;1-14(19(2)10-4-5-11-19)15-8-9-16(18(21)13-15)17-7-3-6-12-20-17;1-18(10-5-6-11-18)14-15-9-12-19-17(13-15)16-7-3-2-4-8-16;8-6(9)5-3-1-2-4-7-5;;;;/h7,9,13-14,18H,4-5,8,10-12,15-17H2,1-3H3;2-4,7,10H,5-6,11-14H2,1H3;3,6-9,12-14,21H,4-5,10-11H2,1-2H3;2-4,7,9,12-13H,5-6,10-11,14H2,1H3;1-4H,(H,8,9);;;;/q-1;-2;;-1;;;;;. The van der Waals surface area contributed by atoms with Crippen molar-refractivity contribution in [1.29, 1.82) is 0 Å². The minimum Gasteiger partial charge on any atom is -0.507 e. The van der Waals surface area contributed by atoms with Crippen molar-refractivity contribution in [3.05, 3.63) is 245 Å². The van der Waals surface area contributed by atoms with Gasteiger partial charge in [0.1, 0.15) is 11.4 Å². The Kier molecular flexibility index (Phi) is 33.9. The van der Waals surface area contributed by atoms with Gasteiger partial charge in [0.05, 0.1) is 5.69 Å². The molecule has 5 saturated carbocycles. The number of hydrogen-bond donors (Lipinski definition) is 2. The van der Waals surface area contributed by atoms with Crippen molar-refractivity contribution in [1.82, 2.24) is 19.9 Å². The number of carbonyl (C=O) groups is 1. The predicted molar refractivity (Wildman–Crippen MR) is 394 cm³/mol. The Morgan fingerprint density at radius 2 is 1.02 bits per heavy atom. The van der Waals surface area contributed by atoms with Crippen LogP contribution >= 0.6 is 0 Å². The molecule has 14 rings (SSSR count). The van der Waals surface area contributed by atoms with Crippen LogP contribution in [0, 0.1) is 80.5 Å². The first-order chi connectivity index (χ1) is 48.0. The minimum absolute atomic E-state index is 0. The molecule has 5 aliphatic rings. The summed E-state index contributed by atoms with van der Waals surface area (Å²) in [6.07, 6.45) is 34.5. The van der Waals surface area contributed by atoms with Crippen molar-refractivity contribution >= 4 is 5.97 Å². The van der Waals surface area contributed by atoms with Crippen LogP contribution < -0.4 is 0 Å². The van der Waals surface area contributed by atoms with Crippen molar-refractivity contribution in [2.45, 2.75) is 208 Å². The van der Waals surface area contributed by atoms with E-state index in [1.165, 1.54) is 137 Å². The van der Waals surface area contributed by atoms with Crippen molar-refractivity contribution in [2.24, 2.45) is 33.0 Å². The SMILES string of the molecule is CC(c1ccc(-c2ccccn2)c(O)c1)C1(C)CCCC1.CC1(CCc2c(F)c[c-]c(-c3[c-]cccc3)c2F)CCCC1.CC1(Cc2ccnc(-c3[c-]cccc3)c2)CCCC1.CC1CCC(C)(Cc2c(F)c[c-]c(-c3cc(CC4(C)CCCC4)ccn3)c2F)C1.O=C(O)c1ccccn1.[Ir].[Ir].[Ir].[Rh]. The maximum Gasteiger partial charge on any atom is 0.354 e. The predicted octanol–water partition coefficient (Wildman–Crippen LogP) is 23.6. The van der Waals surface area contributed by atoms with Gasteiger partial charge < -0.3 is 20.2 Å². The normalized spacial score (nSPS) is 18.6. The third-order valence-corrected chi connectivity index (χ3v) is 22.6. The van der Waals surface area contributed by atoms with Crippen LogP contribution in [0.2, 0.25) is 0 Å². The third kappa shape index (κ3) is 23.9. The summed E-state index contributed by atoms with van der Waals surface area (Å²) in [6, 6.07) is 54.5. The summed E-state index contributed by atoms with van der Waals surface area (Å²) < 4.78 is 58.8. The van der Waals surface area contributed by atoms with Gasteiger partial charge in [0, 0.05) is 133 Å². The summed E-state index contributed by atoms with van der Waals surface area (Å²) >= 11 is 0. The van der Waals surface area contributed by atoms with E-state index in [2.05, 4.69) is 117 Å². The number of carboxylic acids is 1. The minimum atomic E-state index is -0.990. The summed E-state index contributed by atoms with van der Waals surface area (Å²) in [7, 11) is 0. The van der Waals surface area contributed by atoms with E-state index in [4.69, 9.17) is 5.11 Å². The van der Waals surface area contributed by atoms with Crippen molar-refractivity contribution in [3.8, 4) is 50.6 Å². The second-order valence-electron chi connectivity index (χ2n) is 31.1. The van der Waals surface area contributed by atoms with Gasteiger partial charge in [0.25, 0.3) is 0 Å². The Bertz CT molecular complexity index is 4120. The van der Waals surface area contributed by atoms with E-state index in [1.54, 1.807) is 36.7 Å². The molecular formula is C89H100F4Ir3N4O3Rh-4. The number of aromatic nitrogens is 4. The van der Waals surface area contributed by atoms with Crippen LogP contribution in [0.5, 0.6) is 5.75 Å². The molecule has 0 bridgehead atoms. The molecule has 104 heavy (non-hydrogen) atoms. The molecule has 4 radical (unpaired) electrons. The number of phenolic OH excluding ortho intramolecular Hbond substituents is 1. The van der Waals surface area contributed by atoms with Gasteiger partial charge in [-0.05, 0) is 201 Å². The zero-order valence-corrected chi connectivity index (χ0v) is 70.0. The van der Waals surface area contributed by atoms with Gasteiger partial charge in [-0.3, -0.25) is 22.5 Å². The largest absolute Gasteiger partial charge is 0.507 e. The molecule has 2 N–H and O–H groups in total. The molecule has 9 aromatic rings. The average Bonchev–Trinajstić information content (AvgIpc) is 1.28. The smallest absolute Gasteiger partial charge is 0.354 e. The molecule has 0 saturated heterocycles. The molecule has 0 amide bonds. The third-order valence-electron chi connectivity index (χ3n) is 22.6. The molecule has 4 aromatic heterocycles. The number of phenols is 1. The molecule has 3 unspecified atom stereocenters. The molecule has 4 heterocycles. The summed E-state index contributed by atoms with van der Waals surface area (Å²) in [5, 5.41) is 18.7. The Morgan fingerprint density at radius 3 is 1.53 bits per heavy atom. The first-order valence-electron chi connectivity index (χ1n) is 36.5. The topological polar surface area (TPSA) is 109 Å². The Labute approximate surface area is 670 Å². The first kappa shape index (κ1) is 87.2. The number of aromatic hydroxyl groups is 1. The van der Waals surface area contributed by atoms with Gasteiger partial charge in [-0.15, -0.1) is 60.2 Å². The van der Waals surface area contributed by atoms with Crippen LogP contribution in [-0.2, 0) is 105 Å². The van der Waals surface area contributed by atoms with E-state index in [1.807, 2.05) is 79.0 Å². The van der Waals surface area contributed by atoms with Gasteiger partial charge in [-0.25, -0.2) is 15.3 Å². The van der Waals surface area contributed by atoms with Crippen molar-refractivity contribution in [2.75, 3.05) is 0 Å². The first-order valence-corrected chi connectivity index (χ1v) is 36.5. The zero-order valence-electron chi connectivity index (χ0n) is 61.2.